The molecule has 0 spiro atoms. The lowest BCUT2D eigenvalue weighted by Crippen LogP contribution is -2.14. The second-order valence-corrected chi connectivity index (χ2v) is 6.47. The van der Waals surface area contributed by atoms with E-state index in [9.17, 15) is 4.79 Å². The molecule has 8 heteroatoms. The fourth-order valence-corrected chi connectivity index (χ4v) is 2.81. The SMILES string of the molecule is Cc1cc(NC(=O)c2ccc(NCCc3ccc(Cl)cc3Cl)cn2)no1. The largest absolute Gasteiger partial charge is 0.383 e. The van der Waals surface area contributed by atoms with E-state index < -0.39 is 0 Å². The minimum Gasteiger partial charge on any atom is -0.383 e. The molecule has 6 nitrogen and oxygen atoms in total. The van der Waals surface area contributed by atoms with Crippen molar-refractivity contribution in [2.24, 2.45) is 0 Å². The van der Waals surface area contributed by atoms with E-state index in [1.807, 2.05) is 12.1 Å². The summed E-state index contributed by atoms with van der Waals surface area (Å²) in [4.78, 5) is 16.3. The van der Waals surface area contributed by atoms with E-state index in [0.717, 1.165) is 17.7 Å². The van der Waals surface area contributed by atoms with Gasteiger partial charge in [-0.3, -0.25) is 4.79 Å². The normalized spacial score (nSPS) is 10.6. The molecule has 0 radical (unpaired) electrons. The molecule has 134 valence electrons. The molecule has 2 N–H and O–H groups in total. The average Bonchev–Trinajstić information content (AvgIpc) is 3.02. The lowest BCUT2D eigenvalue weighted by Gasteiger charge is -2.08. The van der Waals surface area contributed by atoms with E-state index in [4.69, 9.17) is 27.7 Å². The summed E-state index contributed by atoms with van der Waals surface area (Å²) in [6.45, 7) is 2.42. The molecule has 3 rings (SSSR count). The molecule has 0 bridgehead atoms. The van der Waals surface area contributed by atoms with E-state index in [1.54, 1.807) is 37.4 Å². The fraction of sp³-hybridized carbons (Fsp3) is 0.167. The molecule has 0 aliphatic carbocycles. The van der Waals surface area contributed by atoms with Crippen LogP contribution in [0.4, 0.5) is 11.5 Å². The highest BCUT2D eigenvalue weighted by atomic mass is 35.5. The van der Waals surface area contributed by atoms with Crippen LogP contribution in [0.1, 0.15) is 21.8 Å². The molecule has 2 aromatic heterocycles. The van der Waals surface area contributed by atoms with Crippen LogP contribution < -0.4 is 10.6 Å². The lowest BCUT2D eigenvalue weighted by atomic mass is 10.1. The van der Waals surface area contributed by atoms with Crippen LogP contribution in [0.3, 0.4) is 0 Å². The Kier molecular flexibility index (Phi) is 5.75. The average molecular weight is 391 g/mol. The summed E-state index contributed by atoms with van der Waals surface area (Å²) in [6.07, 6.45) is 2.34. The topological polar surface area (TPSA) is 80.0 Å². The van der Waals surface area contributed by atoms with Crippen LogP contribution in [-0.4, -0.2) is 22.6 Å². The van der Waals surface area contributed by atoms with Crippen LogP contribution in [-0.2, 0) is 6.42 Å². The summed E-state index contributed by atoms with van der Waals surface area (Å²) in [7, 11) is 0. The summed E-state index contributed by atoms with van der Waals surface area (Å²) >= 11 is 12.0. The summed E-state index contributed by atoms with van der Waals surface area (Å²) in [5, 5.41) is 10.8. The van der Waals surface area contributed by atoms with Crippen molar-refractivity contribution in [3.8, 4) is 0 Å². The molecule has 0 aliphatic rings. The van der Waals surface area contributed by atoms with Gasteiger partial charge < -0.3 is 15.2 Å². The summed E-state index contributed by atoms with van der Waals surface area (Å²) in [5.74, 6) is 0.628. The van der Waals surface area contributed by atoms with Crippen LogP contribution in [0.2, 0.25) is 10.0 Å². The smallest absolute Gasteiger partial charge is 0.275 e. The zero-order valence-electron chi connectivity index (χ0n) is 13.9. The molecule has 2 heterocycles. The van der Waals surface area contributed by atoms with Crippen molar-refractivity contribution in [3.63, 3.8) is 0 Å². The third-order valence-electron chi connectivity index (χ3n) is 3.60. The van der Waals surface area contributed by atoms with Gasteiger partial charge in [-0.25, -0.2) is 4.98 Å². The third kappa shape index (κ3) is 4.74. The fourth-order valence-electron chi connectivity index (χ4n) is 2.30. The molecule has 1 aromatic carbocycles. The molecule has 0 aliphatic heterocycles. The van der Waals surface area contributed by atoms with Crippen molar-refractivity contribution < 1.29 is 9.32 Å². The Morgan fingerprint density at radius 3 is 2.69 bits per heavy atom. The van der Waals surface area contributed by atoms with Gasteiger partial charge in [-0.2, -0.15) is 0 Å². The summed E-state index contributed by atoms with van der Waals surface area (Å²) in [5.41, 5.74) is 2.11. The van der Waals surface area contributed by atoms with Crippen LogP contribution in [0, 0.1) is 6.92 Å². The highest BCUT2D eigenvalue weighted by Crippen LogP contribution is 2.21. The van der Waals surface area contributed by atoms with E-state index >= 15 is 0 Å². The number of aryl methyl sites for hydroxylation is 1. The van der Waals surface area contributed by atoms with Gasteiger partial charge in [0.15, 0.2) is 5.82 Å². The van der Waals surface area contributed by atoms with Crippen molar-refractivity contribution in [1.29, 1.82) is 0 Å². The lowest BCUT2D eigenvalue weighted by molar-refractivity contribution is 0.102. The van der Waals surface area contributed by atoms with Crippen molar-refractivity contribution in [1.82, 2.24) is 10.1 Å². The number of hydrogen-bond acceptors (Lipinski definition) is 5. The number of carbonyl (C=O) groups excluding carboxylic acids is 1. The Morgan fingerprint density at radius 2 is 2.04 bits per heavy atom. The zero-order valence-corrected chi connectivity index (χ0v) is 15.4. The van der Waals surface area contributed by atoms with Gasteiger partial charge in [0.05, 0.1) is 11.9 Å². The first-order valence-electron chi connectivity index (χ1n) is 7.90. The first kappa shape index (κ1) is 18.2. The predicted molar refractivity (Wildman–Crippen MR) is 102 cm³/mol. The maximum Gasteiger partial charge on any atom is 0.275 e. The van der Waals surface area contributed by atoms with Gasteiger partial charge in [0.2, 0.25) is 0 Å². The van der Waals surface area contributed by atoms with E-state index in [1.165, 1.54) is 0 Å². The number of carbonyl (C=O) groups is 1. The van der Waals surface area contributed by atoms with Gasteiger partial charge >= 0.3 is 0 Å². The molecule has 0 saturated heterocycles. The molecular formula is C18H16Cl2N4O2. The van der Waals surface area contributed by atoms with Gasteiger partial charge in [-0.1, -0.05) is 34.4 Å². The predicted octanol–water partition coefficient (Wildman–Crippen LogP) is 4.59. The van der Waals surface area contributed by atoms with Gasteiger partial charge in [-0.05, 0) is 43.2 Å². The van der Waals surface area contributed by atoms with Crippen LogP contribution in [0.5, 0.6) is 0 Å². The minimum absolute atomic E-state index is 0.289. The zero-order chi connectivity index (χ0) is 18.5. The van der Waals surface area contributed by atoms with Gasteiger partial charge in [-0.15, -0.1) is 0 Å². The number of nitrogens with one attached hydrogen (secondary N) is 2. The van der Waals surface area contributed by atoms with Crippen LogP contribution in [0.15, 0.2) is 47.1 Å². The number of nitrogens with zero attached hydrogens (tertiary/aromatic N) is 2. The van der Waals surface area contributed by atoms with Crippen molar-refractivity contribution in [2.75, 3.05) is 17.2 Å². The number of halogens is 2. The van der Waals surface area contributed by atoms with Gasteiger partial charge in [0.25, 0.3) is 5.91 Å². The number of aromatic nitrogens is 2. The van der Waals surface area contributed by atoms with E-state index in [0.29, 0.717) is 28.2 Å². The molecule has 26 heavy (non-hydrogen) atoms. The molecule has 3 aromatic rings. The molecule has 0 unspecified atom stereocenters. The Hall–Kier alpha value is -2.57. The van der Waals surface area contributed by atoms with Crippen molar-refractivity contribution in [2.45, 2.75) is 13.3 Å². The second-order valence-electron chi connectivity index (χ2n) is 5.62. The second kappa shape index (κ2) is 8.21. The molecule has 0 atom stereocenters. The Labute approximate surface area is 160 Å². The van der Waals surface area contributed by atoms with E-state index in [2.05, 4.69) is 20.8 Å². The molecule has 0 fully saturated rings. The Morgan fingerprint density at radius 1 is 1.19 bits per heavy atom. The highest BCUT2D eigenvalue weighted by molar-refractivity contribution is 6.35. The number of rotatable bonds is 6. The summed E-state index contributed by atoms with van der Waals surface area (Å²) < 4.78 is 4.90. The standard InChI is InChI=1S/C18H16Cl2N4O2/c1-11-8-17(24-26-11)23-18(25)16-5-4-14(10-22-16)21-7-6-12-2-3-13(19)9-15(12)20/h2-5,8-10,21H,6-7H2,1H3,(H,23,24,25). The molecular weight excluding hydrogens is 375 g/mol. The summed E-state index contributed by atoms with van der Waals surface area (Å²) in [6, 6.07) is 10.5. The first-order valence-corrected chi connectivity index (χ1v) is 8.65. The number of pyridine rings is 1. The Bertz CT molecular complexity index is 910. The quantitative estimate of drug-likeness (QED) is 0.643. The number of anilines is 2. The molecule has 0 saturated carbocycles. The monoisotopic (exact) mass is 390 g/mol. The van der Waals surface area contributed by atoms with Gasteiger partial charge in [0, 0.05) is 22.7 Å². The van der Waals surface area contributed by atoms with Crippen LogP contribution >= 0.6 is 23.2 Å². The maximum absolute atomic E-state index is 12.1. The third-order valence-corrected chi connectivity index (χ3v) is 4.19. The Balaban J connectivity index is 1.53. The maximum atomic E-state index is 12.1. The number of amides is 1. The first-order chi connectivity index (χ1) is 12.5. The number of benzene rings is 1. The minimum atomic E-state index is -0.349. The highest BCUT2D eigenvalue weighted by Gasteiger charge is 2.10. The van der Waals surface area contributed by atoms with E-state index in [-0.39, 0.29) is 11.6 Å². The van der Waals surface area contributed by atoms with Gasteiger partial charge in [0.1, 0.15) is 11.5 Å². The van der Waals surface area contributed by atoms with Crippen LogP contribution in [0.25, 0.3) is 0 Å². The number of hydrogen-bond donors (Lipinski definition) is 2. The van der Waals surface area contributed by atoms with Crippen molar-refractivity contribution >= 4 is 40.6 Å². The van der Waals surface area contributed by atoms with Crippen molar-refractivity contribution in [3.05, 3.63) is 69.7 Å². The molecule has 1 amide bonds.